The summed E-state index contributed by atoms with van der Waals surface area (Å²) in [4.78, 5) is 10.5. The Balaban J connectivity index is 2.93. The topological polar surface area (TPSA) is 66.8 Å². The van der Waals surface area contributed by atoms with Gasteiger partial charge < -0.3 is 14.9 Å². The van der Waals surface area contributed by atoms with Crippen LogP contribution in [0.3, 0.4) is 0 Å². The molecule has 0 spiro atoms. The second-order valence-electron chi connectivity index (χ2n) is 3.75. The summed E-state index contributed by atoms with van der Waals surface area (Å²) in [7, 11) is 0. The molecule has 0 heterocycles. The van der Waals surface area contributed by atoms with Crippen molar-refractivity contribution in [1.29, 1.82) is 0 Å². The van der Waals surface area contributed by atoms with Gasteiger partial charge in [0, 0.05) is 0 Å². The van der Waals surface area contributed by atoms with Crippen molar-refractivity contribution in [2.75, 3.05) is 0 Å². The molecule has 0 saturated heterocycles. The predicted octanol–water partition coefficient (Wildman–Crippen LogP) is 1.92. The zero-order valence-electron chi connectivity index (χ0n) is 9.31. The van der Waals surface area contributed by atoms with E-state index < -0.39 is 24.4 Å². The molecule has 4 nitrogen and oxygen atoms in total. The first-order valence-electron chi connectivity index (χ1n) is 4.89. The zero-order valence-corrected chi connectivity index (χ0v) is 9.31. The SMILES string of the molecule is CC(O)(c1ccc(OC(F)F)cc1)C(F)C(=O)O. The number of rotatable bonds is 5. The number of hydrogen-bond donors (Lipinski definition) is 2. The van der Waals surface area contributed by atoms with Gasteiger partial charge in [0.1, 0.15) is 11.4 Å². The minimum Gasteiger partial charge on any atom is -0.479 e. The van der Waals surface area contributed by atoms with Crippen molar-refractivity contribution < 1.29 is 32.9 Å². The number of benzene rings is 1. The van der Waals surface area contributed by atoms with E-state index in [1.54, 1.807) is 0 Å². The largest absolute Gasteiger partial charge is 0.479 e. The van der Waals surface area contributed by atoms with E-state index in [9.17, 15) is 23.1 Å². The Hall–Kier alpha value is -1.76. The summed E-state index contributed by atoms with van der Waals surface area (Å²) >= 11 is 0. The number of aliphatic carboxylic acids is 1. The second-order valence-corrected chi connectivity index (χ2v) is 3.75. The average Bonchev–Trinajstić information content (AvgIpc) is 2.27. The molecule has 0 aromatic heterocycles. The monoisotopic (exact) mass is 264 g/mol. The van der Waals surface area contributed by atoms with Gasteiger partial charge in [-0.2, -0.15) is 8.78 Å². The fourth-order valence-corrected chi connectivity index (χ4v) is 1.36. The van der Waals surface area contributed by atoms with Crippen LogP contribution in [0.2, 0.25) is 0 Å². The lowest BCUT2D eigenvalue weighted by atomic mass is 9.91. The van der Waals surface area contributed by atoms with E-state index in [1.807, 2.05) is 0 Å². The summed E-state index contributed by atoms with van der Waals surface area (Å²) in [6.45, 7) is -2.02. The number of carboxylic acid groups (broad SMARTS) is 1. The molecule has 1 aromatic rings. The lowest BCUT2D eigenvalue weighted by molar-refractivity contribution is -0.153. The van der Waals surface area contributed by atoms with Crippen molar-refractivity contribution in [3.05, 3.63) is 29.8 Å². The van der Waals surface area contributed by atoms with Gasteiger partial charge in [-0.1, -0.05) is 12.1 Å². The molecule has 2 N–H and O–H groups in total. The van der Waals surface area contributed by atoms with Crippen LogP contribution in [0.25, 0.3) is 0 Å². The smallest absolute Gasteiger partial charge is 0.387 e. The summed E-state index contributed by atoms with van der Waals surface area (Å²) in [6, 6.07) is 4.41. The Morgan fingerprint density at radius 3 is 2.17 bits per heavy atom. The highest BCUT2D eigenvalue weighted by Crippen LogP contribution is 2.28. The highest BCUT2D eigenvalue weighted by Gasteiger charge is 2.39. The molecule has 0 aliphatic carbocycles. The van der Waals surface area contributed by atoms with Gasteiger partial charge in [-0.3, -0.25) is 0 Å². The Morgan fingerprint density at radius 2 is 1.78 bits per heavy atom. The van der Waals surface area contributed by atoms with Gasteiger partial charge in [0.15, 0.2) is 0 Å². The number of alkyl halides is 3. The van der Waals surface area contributed by atoms with E-state index >= 15 is 0 Å². The van der Waals surface area contributed by atoms with Gasteiger partial charge in [0.25, 0.3) is 0 Å². The van der Waals surface area contributed by atoms with E-state index in [1.165, 1.54) is 0 Å². The number of carbonyl (C=O) groups is 1. The minimum absolute atomic E-state index is 0.0565. The first-order valence-corrected chi connectivity index (χ1v) is 4.89. The third kappa shape index (κ3) is 3.13. The number of aliphatic hydroxyl groups is 1. The summed E-state index contributed by atoms with van der Waals surface area (Å²) in [6.07, 6.45) is -2.53. The van der Waals surface area contributed by atoms with Crippen LogP contribution in [-0.2, 0) is 10.4 Å². The molecule has 0 aliphatic heterocycles. The van der Waals surface area contributed by atoms with Gasteiger partial charge in [-0.15, -0.1) is 0 Å². The Labute approximate surface area is 101 Å². The molecular weight excluding hydrogens is 253 g/mol. The maximum Gasteiger partial charge on any atom is 0.387 e. The molecular formula is C11H11F3O4. The molecule has 0 radical (unpaired) electrons. The van der Waals surface area contributed by atoms with E-state index in [2.05, 4.69) is 4.74 Å². The lowest BCUT2D eigenvalue weighted by Crippen LogP contribution is -2.39. The Kier molecular flexibility index (Phi) is 4.18. The first-order chi connectivity index (χ1) is 8.25. The predicted molar refractivity (Wildman–Crippen MR) is 55.2 cm³/mol. The van der Waals surface area contributed by atoms with Crippen molar-refractivity contribution in [1.82, 2.24) is 0 Å². The fraction of sp³-hybridized carbons (Fsp3) is 0.364. The number of ether oxygens (including phenoxy) is 1. The Bertz CT molecular complexity index is 417. The number of carboxylic acids is 1. The quantitative estimate of drug-likeness (QED) is 0.852. The molecule has 0 aliphatic rings. The minimum atomic E-state index is -3.00. The van der Waals surface area contributed by atoms with E-state index in [0.717, 1.165) is 31.2 Å². The average molecular weight is 264 g/mol. The molecule has 2 unspecified atom stereocenters. The summed E-state index contributed by atoms with van der Waals surface area (Å²) in [5.74, 6) is -1.98. The molecule has 18 heavy (non-hydrogen) atoms. The summed E-state index contributed by atoms with van der Waals surface area (Å²) < 4.78 is 41.1. The van der Waals surface area contributed by atoms with Crippen LogP contribution in [0, 0.1) is 0 Å². The van der Waals surface area contributed by atoms with Gasteiger partial charge >= 0.3 is 12.6 Å². The van der Waals surface area contributed by atoms with Crippen LogP contribution < -0.4 is 4.74 Å². The fourth-order valence-electron chi connectivity index (χ4n) is 1.36. The van der Waals surface area contributed by atoms with Gasteiger partial charge in [0.05, 0.1) is 0 Å². The van der Waals surface area contributed by atoms with Crippen LogP contribution in [0.15, 0.2) is 24.3 Å². The standard InChI is InChI=1S/C11H11F3O4/c1-11(17,8(12)9(15)16)6-2-4-7(5-3-6)18-10(13)14/h2-5,8,10,17H,1H3,(H,15,16). The van der Waals surface area contributed by atoms with E-state index in [-0.39, 0.29) is 11.3 Å². The van der Waals surface area contributed by atoms with Crippen LogP contribution in [0.1, 0.15) is 12.5 Å². The lowest BCUT2D eigenvalue weighted by Gasteiger charge is -2.25. The highest BCUT2D eigenvalue weighted by molar-refractivity contribution is 5.74. The maximum atomic E-state index is 13.3. The van der Waals surface area contributed by atoms with Crippen molar-refractivity contribution >= 4 is 5.97 Å². The van der Waals surface area contributed by atoms with Gasteiger partial charge in [-0.25, -0.2) is 9.18 Å². The van der Waals surface area contributed by atoms with Gasteiger partial charge in [0.2, 0.25) is 6.17 Å². The van der Waals surface area contributed by atoms with Crippen LogP contribution >= 0.6 is 0 Å². The molecule has 7 heteroatoms. The Morgan fingerprint density at radius 1 is 1.28 bits per heavy atom. The molecule has 0 bridgehead atoms. The third-order valence-electron chi connectivity index (χ3n) is 2.37. The molecule has 0 fully saturated rings. The number of halogens is 3. The molecule has 0 saturated carbocycles. The van der Waals surface area contributed by atoms with Crippen LogP contribution in [0.5, 0.6) is 5.75 Å². The van der Waals surface area contributed by atoms with Crippen molar-refractivity contribution in [2.24, 2.45) is 0 Å². The van der Waals surface area contributed by atoms with Crippen LogP contribution in [-0.4, -0.2) is 29.0 Å². The van der Waals surface area contributed by atoms with Crippen molar-refractivity contribution in [3.63, 3.8) is 0 Å². The second kappa shape index (κ2) is 5.26. The molecule has 100 valence electrons. The van der Waals surface area contributed by atoms with E-state index in [4.69, 9.17) is 5.11 Å². The maximum absolute atomic E-state index is 13.3. The summed E-state index contributed by atoms with van der Waals surface area (Å²) in [5, 5.41) is 18.2. The number of hydrogen-bond acceptors (Lipinski definition) is 3. The molecule has 2 atom stereocenters. The summed E-state index contributed by atoms with van der Waals surface area (Å²) in [5.41, 5.74) is -2.31. The van der Waals surface area contributed by atoms with Crippen LogP contribution in [0.4, 0.5) is 13.2 Å². The zero-order chi connectivity index (χ0) is 13.9. The first kappa shape index (κ1) is 14.3. The van der Waals surface area contributed by atoms with Gasteiger partial charge in [-0.05, 0) is 24.6 Å². The highest BCUT2D eigenvalue weighted by atomic mass is 19.3. The third-order valence-corrected chi connectivity index (χ3v) is 2.37. The van der Waals surface area contributed by atoms with E-state index in [0.29, 0.717) is 0 Å². The molecule has 0 amide bonds. The van der Waals surface area contributed by atoms with Crippen molar-refractivity contribution in [2.45, 2.75) is 25.3 Å². The normalized spacial score (nSPS) is 16.1. The van der Waals surface area contributed by atoms with Crippen molar-refractivity contribution in [3.8, 4) is 5.75 Å². The molecule has 1 rings (SSSR count). The molecule has 1 aromatic carbocycles.